The monoisotopic (exact) mass is 451 g/mol. The van der Waals surface area contributed by atoms with Crippen LogP contribution in [0, 0.1) is 5.92 Å². The number of hydrogen-bond donors (Lipinski definition) is 2. The SMILES string of the molecule is CC1CN(S(=O)(=O)c2ccc(C(=O)NCCNC(=O)C3CCCCC3)cc2)CC(C)O1. The Morgan fingerprint density at radius 2 is 1.55 bits per heavy atom. The largest absolute Gasteiger partial charge is 0.373 e. The predicted molar refractivity (Wildman–Crippen MR) is 117 cm³/mol. The van der Waals surface area contributed by atoms with Crippen LogP contribution in [0.2, 0.25) is 0 Å². The van der Waals surface area contributed by atoms with Crippen molar-refractivity contribution in [2.75, 3.05) is 26.2 Å². The normalized spacial score (nSPS) is 23.3. The van der Waals surface area contributed by atoms with Gasteiger partial charge in [-0.3, -0.25) is 9.59 Å². The molecular formula is C22H33N3O5S. The Hall–Kier alpha value is -1.97. The van der Waals surface area contributed by atoms with Gasteiger partial charge in [0.2, 0.25) is 15.9 Å². The lowest BCUT2D eigenvalue weighted by Crippen LogP contribution is -2.48. The minimum atomic E-state index is -3.64. The first-order valence-corrected chi connectivity index (χ1v) is 12.5. The molecule has 2 N–H and O–H groups in total. The molecule has 9 heteroatoms. The molecule has 1 aliphatic carbocycles. The van der Waals surface area contributed by atoms with Gasteiger partial charge in [0.05, 0.1) is 17.1 Å². The van der Waals surface area contributed by atoms with Crippen LogP contribution in [0.1, 0.15) is 56.3 Å². The fraction of sp³-hybridized carbons (Fsp3) is 0.636. The van der Waals surface area contributed by atoms with Crippen LogP contribution in [0.15, 0.2) is 29.2 Å². The summed E-state index contributed by atoms with van der Waals surface area (Å²) < 4.78 is 32.8. The molecule has 1 aromatic carbocycles. The summed E-state index contributed by atoms with van der Waals surface area (Å²) >= 11 is 0. The van der Waals surface area contributed by atoms with E-state index in [1.165, 1.54) is 35.0 Å². The molecule has 1 heterocycles. The Balaban J connectivity index is 1.49. The van der Waals surface area contributed by atoms with Crippen molar-refractivity contribution in [3.63, 3.8) is 0 Å². The molecule has 172 valence electrons. The maximum Gasteiger partial charge on any atom is 0.251 e. The van der Waals surface area contributed by atoms with Crippen LogP contribution in [0.25, 0.3) is 0 Å². The van der Waals surface area contributed by atoms with E-state index in [9.17, 15) is 18.0 Å². The zero-order chi connectivity index (χ0) is 22.4. The van der Waals surface area contributed by atoms with Crippen LogP contribution in [-0.4, -0.2) is 62.9 Å². The number of amides is 2. The summed E-state index contributed by atoms with van der Waals surface area (Å²) in [4.78, 5) is 24.6. The van der Waals surface area contributed by atoms with Gasteiger partial charge in [0.15, 0.2) is 0 Å². The van der Waals surface area contributed by atoms with E-state index in [-0.39, 0.29) is 34.8 Å². The molecule has 2 unspecified atom stereocenters. The number of carbonyl (C=O) groups excluding carboxylic acids is 2. The Kier molecular flexibility index (Phi) is 8.07. The second-order valence-electron chi connectivity index (χ2n) is 8.49. The average Bonchev–Trinajstić information content (AvgIpc) is 2.76. The lowest BCUT2D eigenvalue weighted by atomic mass is 9.89. The number of morpholine rings is 1. The number of carbonyl (C=O) groups is 2. The van der Waals surface area contributed by atoms with E-state index < -0.39 is 10.0 Å². The topological polar surface area (TPSA) is 105 Å². The number of benzene rings is 1. The molecule has 1 saturated heterocycles. The molecule has 2 aliphatic rings. The zero-order valence-corrected chi connectivity index (χ0v) is 19.1. The zero-order valence-electron chi connectivity index (χ0n) is 18.3. The number of nitrogens with zero attached hydrogens (tertiary/aromatic N) is 1. The fourth-order valence-electron chi connectivity index (χ4n) is 4.23. The van der Waals surface area contributed by atoms with Crippen LogP contribution >= 0.6 is 0 Å². The Bertz CT molecular complexity index is 856. The van der Waals surface area contributed by atoms with E-state index >= 15 is 0 Å². The summed E-state index contributed by atoms with van der Waals surface area (Å²) in [5.41, 5.74) is 0.376. The Morgan fingerprint density at radius 1 is 0.968 bits per heavy atom. The molecule has 1 aromatic rings. The molecule has 0 radical (unpaired) electrons. The van der Waals surface area contributed by atoms with Crippen LogP contribution in [0.3, 0.4) is 0 Å². The van der Waals surface area contributed by atoms with E-state index in [4.69, 9.17) is 4.74 Å². The van der Waals surface area contributed by atoms with E-state index in [1.807, 2.05) is 13.8 Å². The number of ether oxygens (including phenoxy) is 1. The van der Waals surface area contributed by atoms with E-state index in [1.54, 1.807) is 0 Å². The van der Waals surface area contributed by atoms with Gasteiger partial charge in [-0.05, 0) is 51.0 Å². The summed E-state index contributed by atoms with van der Waals surface area (Å²) in [6, 6.07) is 5.94. The highest BCUT2D eigenvalue weighted by atomic mass is 32.2. The highest BCUT2D eigenvalue weighted by Crippen LogP contribution is 2.23. The van der Waals surface area contributed by atoms with E-state index in [0.717, 1.165) is 25.7 Å². The molecule has 8 nitrogen and oxygen atoms in total. The maximum absolute atomic E-state index is 12.9. The first-order chi connectivity index (χ1) is 14.8. The molecule has 2 atom stereocenters. The number of nitrogens with one attached hydrogen (secondary N) is 2. The Morgan fingerprint density at radius 3 is 2.16 bits per heavy atom. The smallest absolute Gasteiger partial charge is 0.251 e. The fourth-order valence-corrected chi connectivity index (χ4v) is 5.82. The van der Waals surface area contributed by atoms with E-state index in [2.05, 4.69) is 10.6 Å². The first kappa shape index (κ1) is 23.7. The van der Waals surface area contributed by atoms with Crippen LogP contribution < -0.4 is 10.6 Å². The van der Waals surface area contributed by atoms with Crippen molar-refractivity contribution < 1.29 is 22.7 Å². The molecule has 0 aromatic heterocycles. The number of sulfonamides is 1. The summed E-state index contributed by atoms with van der Waals surface area (Å²) in [5, 5.41) is 5.64. The van der Waals surface area contributed by atoms with Crippen LogP contribution in [-0.2, 0) is 19.6 Å². The highest BCUT2D eigenvalue weighted by molar-refractivity contribution is 7.89. The van der Waals surface area contributed by atoms with Gasteiger partial charge in [-0.1, -0.05) is 19.3 Å². The third kappa shape index (κ3) is 6.27. The molecule has 1 saturated carbocycles. The van der Waals surface area contributed by atoms with Gasteiger partial charge in [-0.2, -0.15) is 4.31 Å². The molecule has 0 spiro atoms. The van der Waals surface area contributed by atoms with Crippen LogP contribution in [0.5, 0.6) is 0 Å². The van der Waals surface area contributed by atoms with Crippen molar-refractivity contribution in [3.05, 3.63) is 29.8 Å². The predicted octanol–water partition coefficient (Wildman–Crippen LogP) is 1.91. The standard InChI is InChI=1S/C22H33N3O5S/c1-16-14-25(15-17(2)30-16)31(28,29)20-10-8-19(9-11-20)22(27)24-13-12-23-21(26)18-6-4-3-5-7-18/h8-11,16-18H,3-7,12-15H2,1-2H3,(H,23,26)(H,24,27). The third-order valence-corrected chi connectivity index (χ3v) is 7.67. The van der Waals surface area contributed by atoms with Crippen LogP contribution in [0.4, 0.5) is 0 Å². The molecule has 3 rings (SSSR count). The third-order valence-electron chi connectivity index (χ3n) is 5.83. The molecule has 0 bridgehead atoms. The highest BCUT2D eigenvalue weighted by Gasteiger charge is 2.32. The van der Waals surface area contributed by atoms with Crippen molar-refractivity contribution in [2.45, 2.75) is 63.1 Å². The Labute approximate surface area is 184 Å². The van der Waals surface area contributed by atoms with Gasteiger partial charge in [-0.15, -0.1) is 0 Å². The van der Waals surface area contributed by atoms with E-state index in [0.29, 0.717) is 31.7 Å². The van der Waals surface area contributed by atoms with Crippen molar-refractivity contribution in [2.24, 2.45) is 5.92 Å². The summed E-state index contributed by atoms with van der Waals surface area (Å²) in [5.74, 6) is -0.142. The van der Waals surface area contributed by atoms with Crippen molar-refractivity contribution in [1.82, 2.24) is 14.9 Å². The van der Waals surface area contributed by atoms with Crippen molar-refractivity contribution >= 4 is 21.8 Å². The lowest BCUT2D eigenvalue weighted by Gasteiger charge is -2.34. The minimum Gasteiger partial charge on any atom is -0.373 e. The van der Waals surface area contributed by atoms with Gasteiger partial charge in [0.25, 0.3) is 5.91 Å². The number of hydrogen-bond acceptors (Lipinski definition) is 5. The van der Waals surface area contributed by atoms with Gasteiger partial charge < -0.3 is 15.4 Å². The molecule has 31 heavy (non-hydrogen) atoms. The molecule has 1 aliphatic heterocycles. The summed E-state index contributed by atoms with van der Waals surface area (Å²) in [6.07, 6.45) is 4.95. The lowest BCUT2D eigenvalue weighted by molar-refractivity contribution is -0.125. The quantitative estimate of drug-likeness (QED) is 0.616. The second-order valence-corrected chi connectivity index (χ2v) is 10.4. The molecular weight excluding hydrogens is 418 g/mol. The summed E-state index contributed by atoms with van der Waals surface area (Å²) in [6.45, 7) is 5.01. The minimum absolute atomic E-state index is 0.0651. The van der Waals surface area contributed by atoms with Gasteiger partial charge in [-0.25, -0.2) is 8.42 Å². The molecule has 2 fully saturated rings. The van der Waals surface area contributed by atoms with Gasteiger partial charge in [0, 0.05) is 37.7 Å². The van der Waals surface area contributed by atoms with Crippen molar-refractivity contribution in [1.29, 1.82) is 0 Å². The van der Waals surface area contributed by atoms with Crippen molar-refractivity contribution in [3.8, 4) is 0 Å². The summed E-state index contributed by atoms with van der Waals surface area (Å²) in [7, 11) is -3.64. The number of rotatable bonds is 7. The maximum atomic E-state index is 12.9. The second kappa shape index (κ2) is 10.6. The first-order valence-electron chi connectivity index (χ1n) is 11.1. The van der Waals surface area contributed by atoms with Gasteiger partial charge >= 0.3 is 0 Å². The molecule has 2 amide bonds. The average molecular weight is 452 g/mol. The van der Waals surface area contributed by atoms with Gasteiger partial charge in [0.1, 0.15) is 0 Å².